The molecule has 0 aliphatic heterocycles. The molecule has 0 fully saturated rings. The average Bonchev–Trinajstić information content (AvgIpc) is 2.45. The van der Waals surface area contributed by atoms with Crippen LogP contribution in [-0.4, -0.2) is 15.2 Å². The Morgan fingerprint density at radius 3 is 2.85 bits per heavy atom. The van der Waals surface area contributed by atoms with E-state index in [-0.39, 0.29) is 0 Å². The molecule has 0 spiro atoms. The Labute approximate surface area is 79.8 Å². The van der Waals surface area contributed by atoms with Crippen LogP contribution in [0.25, 0.3) is 10.3 Å². The van der Waals surface area contributed by atoms with Crippen LogP contribution in [0.2, 0.25) is 0 Å². The lowest BCUT2D eigenvalue weighted by Crippen LogP contribution is -2.28. The highest BCUT2D eigenvalue weighted by atomic mass is 32.1. The van der Waals surface area contributed by atoms with E-state index in [9.17, 15) is 0 Å². The first kappa shape index (κ1) is 8.52. The van der Waals surface area contributed by atoms with Crippen LogP contribution in [0, 0.1) is 0 Å². The summed E-state index contributed by atoms with van der Waals surface area (Å²) in [5.41, 5.74) is 6.39. The van der Waals surface area contributed by atoms with Gasteiger partial charge in [0.1, 0.15) is 10.5 Å². The van der Waals surface area contributed by atoms with Gasteiger partial charge in [0.25, 0.3) is 0 Å². The molecule has 0 bridgehead atoms. The van der Waals surface area contributed by atoms with Gasteiger partial charge in [0.2, 0.25) is 0 Å². The second-order valence-electron chi connectivity index (χ2n) is 3.46. The van der Waals surface area contributed by atoms with E-state index >= 15 is 0 Å². The van der Waals surface area contributed by atoms with E-state index in [0.717, 1.165) is 15.4 Å². The molecule has 0 saturated heterocycles. The lowest BCUT2D eigenvalue weighted by molar-refractivity contribution is 0.551. The normalized spacial score (nSPS) is 12.2. The van der Waals surface area contributed by atoms with E-state index in [1.807, 2.05) is 19.9 Å². The van der Waals surface area contributed by atoms with Crippen molar-refractivity contribution < 1.29 is 0 Å². The Bertz CT molecular complexity index is 396. The number of nitrogens with zero attached hydrogens (tertiary/aromatic N) is 3. The van der Waals surface area contributed by atoms with Crippen molar-refractivity contribution in [2.45, 2.75) is 19.4 Å². The average molecular weight is 194 g/mol. The fraction of sp³-hybridized carbons (Fsp3) is 0.375. The molecule has 0 aliphatic carbocycles. The van der Waals surface area contributed by atoms with E-state index in [1.165, 1.54) is 11.3 Å². The summed E-state index contributed by atoms with van der Waals surface area (Å²) in [6.07, 6.45) is 1.63. The van der Waals surface area contributed by atoms with E-state index in [2.05, 4.69) is 15.2 Å². The first-order chi connectivity index (χ1) is 6.07. The molecule has 0 amide bonds. The molecule has 2 heterocycles. The summed E-state index contributed by atoms with van der Waals surface area (Å²) in [7, 11) is 0. The molecule has 0 unspecified atom stereocenters. The monoisotopic (exact) mass is 194 g/mol. The Morgan fingerprint density at radius 1 is 1.46 bits per heavy atom. The van der Waals surface area contributed by atoms with Crippen molar-refractivity contribution in [1.29, 1.82) is 0 Å². The topological polar surface area (TPSA) is 64.7 Å². The van der Waals surface area contributed by atoms with Crippen LogP contribution in [0.5, 0.6) is 0 Å². The molecule has 2 rings (SSSR count). The molecule has 0 radical (unpaired) electrons. The van der Waals surface area contributed by atoms with Gasteiger partial charge in [-0.2, -0.15) is 5.10 Å². The van der Waals surface area contributed by atoms with Crippen molar-refractivity contribution in [2.24, 2.45) is 5.73 Å². The Morgan fingerprint density at radius 2 is 2.23 bits per heavy atom. The van der Waals surface area contributed by atoms with Crippen LogP contribution < -0.4 is 5.73 Å². The minimum absolute atomic E-state index is 0.397. The molecular weight excluding hydrogens is 184 g/mol. The van der Waals surface area contributed by atoms with Gasteiger partial charge in [-0.25, -0.2) is 4.98 Å². The molecule has 5 heteroatoms. The summed E-state index contributed by atoms with van der Waals surface area (Å²) in [5, 5.41) is 8.65. The van der Waals surface area contributed by atoms with Crippen molar-refractivity contribution in [1.82, 2.24) is 15.2 Å². The first-order valence-electron chi connectivity index (χ1n) is 3.95. The van der Waals surface area contributed by atoms with Gasteiger partial charge >= 0.3 is 0 Å². The van der Waals surface area contributed by atoms with E-state index < -0.39 is 5.54 Å². The zero-order valence-corrected chi connectivity index (χ0v) is 8.30. The van der Waals surface area contributed by atoms with Crippen LogP contribution in [0.1, 0.15) is 18.9 Å². The van der Waals surface area contributed by atoms with Crippen molar-refractivity contribution >= 4 is 21.7 Å². The van der Waals surface area contributed by atoms with Crippen LogP contribution in [-0.2, 0) is 5.54 Å². The van der Waals surface area contributed by atoms with Gasteiger partial charge < -0.3 is 5.73 Å². The minimum atomic E-state index is -0.397. The Kier molecular flexibility index (Phi) is 1.78. The van der Waals surface area contributed by atoms with Crippen LogP contribution >= 0.6 is 11.3 Å². The molecule has 2 aromatic rings. The predicted octanol–water partition coefficient (Wildman–Crippen LogP) is 1.28. The third kappa shape index (κ3) is 1.52. The number of hydrogen-bond acceptors (Lipinski definition) is 5. The molecule has 68 valence electrons. The summed E-state index contributed by atoms with van der Waals surface area (Å²) in [5.74, 6) is 0. The quantitative estimate of drug-likeness (QED) is 0.742. The second-order valence-corrected chi connectivity index (χ2v) is 4.44. The third-order valence-electron chi connectivity index (χ3n) is 1.63. The molecule has 2 N–H and O–H groups in total. The van der Waals surface area contributed by atoms with E-state index in [0.29, 0.717) is 0 Å². The molecule has 0 atom stereocenters. The highest BCUT2D eigenvalue weighted by Crippen LogP contribution is 2.25. The molecule has 0 saturated carbocycles. The number of rotatable bonds is 1. The van der Waals surface area contributed by atoms with Crippen LogP contribution in [0.3, 0.4) is 0 Å². The molecule has 0 aliphatic rings. The maximum atomic E-state index is 5.92. The highest BCUT2D eigenvalue weighted by molar-refractivity contribution is 7.18. The summed E-state index contributed by atoms with van der Waals surface area (Å²) in [6, 6.07) is 1.84. The van der Waals surface area contributed by atoms with Crippen LogP contribution in [0.15, 0.2) is 12.3 Å². The van der Waals surface area contributed by atoms with Crippen molar-refractivity contribution in [2.75, 3.05) is 0 Å². The van der Waals surface area contributed by atoms with Crippen molar-refractivity contribution in [3.63, 3.8) is 0 Å². The van der Waals surface area contributed by atoms with Gasteiger partial charge in [-0.05, 0) is 19.9 Å². The Hall–Kier alpha value is -1.07. The number of aromatic nitrogens is 3. The maximum absolute atomic E-state index is 5.92. The smallest absolute Gasteiger partial charge is 0.166 e. The highest BCUT2D eigenvalue weighted by Gasteiger charge is 2.19. The third-order valence-corrected chi connectivity index (χ3v) is 2.93. The fourth-order valence-electron chi connectivity index (χ4n) is 0.969. The standard InChI is InChI=1S/C8H10N4S/c1-8(2,9)7-11-5-3-4-10-12-6(5)13-7/h3-4H,9H2,1-2H3. The maximum Gasteiger partial charge on any atom is 0.166 e. The zero-order chi connectivity index (χ0) is 9.47. The van der Waals surface area contributed by atoms with Gasteiger partial charge in [-0.1, -0.05) is 11.3 Å². The van der Waals surface area contributed by atoms with E-state index in [4.69, 9.17) is 5.73 Å². The number of fused-ring (bicyclic) bond motifs is 1. The lowest BCUT2D eigenvalue weighted by Gasteiger charge is -2.13. The Balaban J connectivity index is 2.63. The van der Waals surface area contributed by atoms with Gasteiger partial charge in [-0.15, -0.1) is 5.10 Å². The summed E-state index contributed by atoms with van der Waals surface area (Å²) >= 11 is 1.49. The second kappa shape index (κ2) is 2.71. The van der Waals surface area contributed by atoms with Gasteiger partial charge in [0, 0.05) is 0 Å². The number of thiazole rings is 1. The van der Waals surface area contributed by atoms with Gasteiger partial charge in [-0.3, -0.25) is 0 Å². The fourth-order valence-corrected chi connectivity index (χ4v) is 1.87. The van der Waals surface area contributed by atoms with Crippen molar-refractivity contribution in [3.8, 4) is 0 Å². The molecule has 4 nitrogen and oxygen atoms in total. The summed E-state index contributed by atoms with van der Waals surface area (Å²) in [4.78, 5) is 5.22. The number of hydrogen-bond donors (Lipinski definition) is 1. The summed E-state index contributed by atoms with van der Waals surface area (Å²) in [6.45, 7) is 3.86. The number of nitrogens with two attached hydrogens (primary N) is 1. The van der Waals surface area contributed by atoms with Gasteiger partial charge in [0.05, 0.1) is 11.7 Å². The molecule has 13 heavy (non-hydrogen) atoms. The van der Waals surface area contributed by atoms with Crippen LogP contribution in [0.4, 0.5) is 0 Å². The van der Waals surface area contributed by atoms with E-state index in [1.54, 1.807) is 6.20 Å². The largest absolute Gasteiger partial charge is 0.320 e. The first-order valence-corrected chi connectivity index (χ1v) is 4.76. The van der Waals surface area contributed by atoms with Crippen molar-refractivity contribution in [3.05, 3.63) is 17.3 Å². The van der Waals surface area contributed by atoms with Gasteiger partial charge in [0.15, 0.2) is 4.83 Å². The SMILES string of the molecule is CC(C)(N)c1nc2ccnnc2s1. The molecule has 0 aromatic carbocycles. The summed E-state index contributed by atoms with van der Waals surface area (Å²) < 4.78 is 0. The predicted molar refractivity (Wildman–Crippen MR) is 52.4 cm³/mol. The minimum Gasteiger partial charge on any atom is -0.320 e. The molecular formula is C8H10N4S. The molecule has 2 aromatic heterocycles. The lowest BCUT2D eigenvalue weighted by atomic mass is 10.1. The zero-order valence-electron chi connectivity index (χ0n) is 7.48.